The Labute approximate surface area is 114 Å². The van der Waals surface area contributed by atoms with Crippen molar-refractivity contribution < 1.29 is 27.4 Å². The molecule has 0 unspecified atom stereocenters. The predicted octanol–water partition coefficient (Wildman–Crippen LogP) is 3.89. The number of hydrogen-bond donors (Lipinski definition) is 0. The van der Waals surface area contributed by atoms with Gasteiger partial charge in [-0.25, -0.2) is 4.79 Å². The lowest BCUT2D eigenvalue weighted by molar-refractivity contribution is -0.274. The van der Waals surface area contributed by atoms with Gasteiger partial charge in [0.1, 0.15) is 11.9 Å². The SMILES string of the molecule is O=C(OC1CC[CH]CC1)c1ccc(OC(F)(F)F)cc1. The molecule has 0 spiro atoms. The summed E-state index contributed by atoms with van der Waals surface area (Å²) < 4.78 is 45.0. The van der Waals surface area contributed by atoms with E-state index in [0.29, 0.717) is 0 Å². The molecule has 0 N–H and O–H groups in total. The minimum absolute atomic E-state index is 0.112. The van der Waals surface area contributed by atoms with Crippen LogP contribution in [0, 0.1) is 6.42 Å². The second-order valence-electron chi connectivity index (χ2n) is 4.54. The van der Waals surface area contributed by atoms with Crippen LogP contribution in [0.5, 0.6) is 5.75 Å². The van der Waals surface area contributed by atoms with Crippen molar-refractivity contribution in [2.24, 2.45) is 0 Å². The van der Waals surface area contributed by atoms with Crippen molar-refractivity contribution in [3.05, 3.63) is 36.2 Å². The quantitative estimate of drug-likeness (QED) is 0.791. The molecule has 109 valence electrons. The van der Waals surface area contributed by atoms with Gasteiger partial charge in [0, 0.05) is 0 Å². The standard InChI is InChI=1S/C14H14F3O3/c15-14(16,17)20-12-8-6-10(7-9-12)13(18)19-11-4-2-1-3-5-11/h1,6-9,11H,2-5H2. The van der Waals surface area contributed by atoms with Crippen molar-refractivity contribution in [2.75, 3.05) is 0 Å². The van der Waals surface area contributed by atoms with E-state index in [4.69, 9.17) is 4.74 Å². The minimum atomic E-state index is -4.74. The summed E-state index contributed by atoms with van der Waals surface area (Å²) in [4.78, 5) is 11.8. The normalized spacial score (nSPS) is 16.8. The third kappa shape index (κ3) is 4.43. The van der Waals surface area contributed by atoms with E-state index in [1.165, 1.54) is 12.1 Å². The first kappa shape index (κ1) is 14.7. The Morgan fingerprint density at radius 3 is 2.25 bits per heavy atom. The van der Waals surface area contributed by atoms with Gasteiger partial charge in [0.2, 0.25) is 0 Å². The molecule has 1 aliphatic rings. The molecule has 1 aromatic rings. The number of rotatable bonds is 3. The van der Waals surface area contributed by atoms with Crippen LogP contribution in [0.4, 0.5) is 13.2 Å². The third-order valence-corrected chi connectivity index (χ3v) is 2.98. The fraction of sp³-hybridized carbons (Fsp3) is 0.429. The zero-order valence-corrected chi connectivity index (χ0v) is 10.7. The number of carbonyl (C=O) groups excluding carboxylic acids is 1. The maximum Gasteiger partial charge on any atom is 0.573 e. The van der Waals surface area contributed by atoms with Crippen LogP contribution >= 0.6 is 0 Å². The first-order valence-electron chi connectivity index (χ1n) is 6.32. The molecule has 2 rings (SSSR count). The van der Waals surface area contributed by atoms with E-state index >= 15 is 0 Å². The van der Waals surface area contributed by atoms with Gasteiger partial charge in [-0.2, -0.15) is 0 Å². The molecule has 0 amide bonds. The van der Waals surface area contributed by atoms with Gasteiger partial charge in [-0.05, 0) is 56.4 Å². The van der Waals surface area contributed by atoms with Gasteiger partial charge in [-0.15, -0.1) is 13.2 Å². The zero-order valence-electron chi connectivity index (χ0n) is 10.7. The number of carbonyl (C=O) groups is 1. The molecule has 1 saturated carbocycles. The maximum absolute atomic E-state index is 12.0. The Hall–Kier alpha value is -1.72. The van der Waals surface area contributed by atoms with Crippen LogP contribution in [-0.4, -0.2) is 18.4 Å². The second-order valence-corrected chi connectivity index (χ2v) is 4.54. The number of benzene rings is 1. The van der Waals surface area contributed by atoms with Gasteiger partial charge in [-0.1, -0.05) is 0 Å². The molecule has 1 radical (unpaired) electrons. The van der Waals surface area contributed by atoms with Crippen LogP contribution in [0.3, 0.4) is 0 Å². The highest BCUT2D eigenvalue weighted by Gasteiger charge is 2.31. The lowest BCUT2D eigenvalue weighted by Crippen LogP contribution is -2.21. The van der Waals surface area contributed by atoms with Crippen LogP contribution in [0.15, 0.2) is 24.3 Å². The lowest BCUT2D eigenvalue weighted by atomic mass is 9.98. The Morgan fingerprint density at radius 1 is 1.10 bits per heavy atom. The molecular formula is C14H14F3O3. The smallest absolute Gasteiger partial charge is 0.459 e. The van der Waals surface area contributed by atoms with Crippen molar-refractivity contribution in [3.63, 3.8) is 0 Å². The predicted molar refractivity (Wildman–Crippen MR) is 65.1 cm³/mol. The topological polar surface area (TPSA) is 35.5 Å². The van der Waals surface area contributed by atoms with E-state index in [2.05, 4.69) is 11.2 Å². The number of alkyl halides is 3. The molecule has 0 bridgehead atoms. The first-order chi connectivity index (χ1) is 9.44. The zero-order chi connectivity index (χ0) is 14.6. The molecule has 0 aromatic heterocycles. The molecule has 1 fully saturated rings. The number of hydrogen-bond acceptors (Lipinski definition) is 3. The van der Waals surface area contributed by atoms with E-state index in [0.717, 1.165) is 37.8 Å². The van der Waals surface area contributed by atoms with Crippen molar-refractivity contribution in [2.45, 2.75) is 38.1 Å². The summed E-state index contributed by atoms with van der Waals surface area (Å²) in [7, 11) is 0. The summed E-state index contributed by atoms with van der Waals surface area (Å²) in [5.41, 5.74) is 0.217. The number of ether oxygens (including phenoxy) is 2. The minimum Gasteiger partial charge on any atom is -0.459 e. The van der Waals surface area contributed by atoms with Gasteiger partial charge in [0.15, 0.2) is 0 Å². The average molecular weight is 287 g/mol. The average Bonchev–Trinajstić information content (AvgIpc) is 2.39. The van der Waals surface area contributed by atoms with Crippen LogP contribution in [0.2, 0.25) is 0 Å². The molecule has 0 heterocycles. The van der Waals surface area contributed by atoms with E-state index in [9.17, 15) is 18.0 Å². The van der Waals surface area contributed by atoms with Crippen molar-refractivity contribution in [1.82, 2.24) is 0 Å². The Kier molecular flexibility index (Phi) is 4.52. The van der Waals surface area contributed by atoms with Crippen molar-refractivity contribution >= 4 is 5.97 Å². The molecule has 1 aromatic carbocycles. The number of halogens is 3. The Balaban J connectivity index is 1.93. The molecule has 20 heavy (non-hydrogen) atoms. The van der Waals surface area contributed by atoms with Gasteiger partial charge < -0.3 is 9.47 Å². The van der Waals surface area contributed by atoms with E-state index in [-0.39, 0.29) is 17.4 Å². The van der Waals surface area contributed by atoms with Gasteiger partial charge >= 0.3 is 12.3 Å². The Morgan fingerprint density at radius 2 is 1.70 bits per heavy atom. The summed E-state index contributed by atoms with van der Waals surface area (Å²) in [5, 5.41) is 0. The van der Waals surface area contributed by atoms with Crippen molar-refractivity contribution in [1.29, 1.82) is 0 Å². The number of esters is 1. The molecule has 0 aliphatic heterocycles. The van der Waals surface area contributed by atoms with Crippen LogP contribution in [0.25, 0.3) is 0 Å². The molecule has 1 aliphatic carbocycles. The van der Waals surface area contributed by atoms with Crippen LogP contribution in [-0.2, 0) is 4.74 Å². The van der Waals surface area contributed by atoms with Gasteiger partial charge in [0.25, 0.3) is 0 Å². The second kappa shape index (κ2) is 6.15. The molecule has 3 nitrogen and oxygen atoms in total. The van der Waals surface area contributed by atoms with E-state index < -0.39 is 12.3 Å². The highest BCUT2D eigenvalue weighted by Crippen LogP contribution is 2.24. The third-order valence-electron chi connectivity index (χ3n) is 2.98. The highest BCUT2D eigenvalue weighted by molar-refractivity contribution is 5.89. The summed E-state index contributed by atoms with van der Waals surface area (Å²) in [5.74, 6) is -0.878. The fourth-order valence-corrected chi connectivity index (χ4v) is 2.03. The summed E-state index contributed by atoms with van der Waals surface area (Å²) in [6.45, 7) is 0. The summed E-state index contributed by atoms with van der Waals surface area (Å²) in [6, 6.07) is 4.72. The van der Waals surface area contributed by atoms with E-state index in [1.54, 1.807) is 0 Å². The highest BCUT2D eigenvalue weighted by atomic mass is 19.4. The molecule has 0 saturated heterocycles. The summed E-state index contributed by atoms with van der Waals surface area (Å²) >= 11 is 0. The fourth-order valence-electron chi connectivity index (χ4n) is 2.03. The largest absolute Gasteiger partial charge is 0.573 e. The Bertz CT molecular complexity index is 448. The van der Waals surface area contributed by atoms with Gasteiger partial charge in [-0.3, -0.25) is 0 Å². The van der Waals surface area contributed by atoms with Crippen LogP contribution in [0.1, 0.15) is 36.0 Å². The molecule has 0 atom stereocenters. The van der Waals surface area contributed by atoms with Crippen LogP contribution < -0.4 is 4.74 Å². The lowest BCUT2D eigenvalue weighted by Gasteiger charge is -2.21. The monoisotopic (exact) mass is 287 g/mol. The maximum atomic E-state index is 12.0. The molecule has 6 heteroatoms. The van der Waals surface area contributed by atoms with Gasteiger partial charge in [0.05, 0.1) is 5.56 Å². The first-order valence-corrected chi connectivity index (χ1v) is 6.32. The van der Waals surface area contributed by atoms with E-state index in [1.807, 2.05) is 0 Å². The molecular weight excluding hydrogens is 273 g/mol. The summed E-state index contributed by atoms with van der Waals surface area (Å²) in [6.07, 6.45) is 0.710. The van der Waals surface area contributed by atoms with Crippen molar-refractivity contribution in [3.8, 4) is 5.75 Å².